The number of hydrogen-bond donors (Lipinski definition) is 0. The number of fused-ring (bicyclic) bond motifs is 1. The first kappa shape index (κ1) is 22.3. The molecule has 5 nitrogen and oxygen atoms in total. The number of nitrogens with zero attached hydrogens (tertiary/aromatic N) is 2. The number of amides is 1. The molecule has 1 saturated heterocycles. The third-order valence-corrected chi connectivity index (χ3v) is 7.81. The average Bonchev–Trinajstić information content (AvgIpc) is 2.92. The van der Waals surface area contributed by atoms with Crippen LogP contribution in [0.5, 0.6) is 0 Å². The summed E-state index contributed by atoms with van der Waals surface area (Å²) in [5.41, 5.74) is 2.15. The summed E-state index contributed by atoms with van der Waals surface area (Å²) in [6.45, 7) is 13.1. The lowest BCUT2D eigenvalue weighted by Crippen LogP contribution is -2.50. The molecule has 0 unspecified atom stereocenters. The fraction of sp³-hybridized carbons (Fsp3) is 0.696. The zero-order valence-electron chi connectivity index (χ0n) is 18.9. The van der Waals surface area contributed by atoms with Gasteiger partial charge in [0.25, 0.3) is 0 Å². The molecular weight excluding hydrogens is 384 g/mol. The second kappa shape index (κ2) is 7.69. The maximum atomic E-state index is 13.3. The summed E-state index contributed by atoms with van der Waals surface area (Å²) < 4.78 is 20.6. The molecule has 1 fully saturated rings. The Bertz CT molecular complexity index is 786. The van der Waals surface area contributed by atoms with Crippen molar-refractivity contribution in [1.29, 1.82) is 0 Å². The predicted octanol–water partition coefficient (Wildman–Crippen LogP) is 4.70. The minimum absolute atomic E-state index is 0.00212. The quantitative estimate of drug-likeness (QED) is 0.697. The lowest BCUT2D eigenvalue weighted by Gasteiger charge is -2.46. The van der Waals surface area contributed by atoms with Gasteiger partial charge in [-0.3, -0.25) is 0 Å². The molecule has 1 heterocycles. The van der Waals surface area contributed by atoms with Gasteiger partial charge in [-0.15, -0.1) is 0 Å². The molecule has 0 aromatic heterocycles. The first-order valence-corrected chi connectivity index (χ1v) is 11.7. The Hall–Kier alpha value is -1.40. The molecular formula is C23H36N2O3S. The van der Waals surface area contributed by atoms with Crippen LogP contribution in [0.1, 0.15) is 71.6 Å². The normalized spacial score (nSPS) is 22.6. The van der Waals surface area contributed by atoms with Crippen molar-refractivity contribution in [3.8, 4) is 0 Å². The number of carbonyl (C=O) groups is 1. The zero-order valence-corrected chi connectivity index (χ0v) is 19.8. The molecule has 6 heteroatoms. The fourth-order valence-corrected chi connectivity index (χ4v) is 6.18. The highest BCUT2D eigenvalue weighted by Crippen LogP contribution is 2.55. The predicted molar refractivity (Wildman–Crippen MR) is 118 cm³/mol. The number of likely N-dealkylation sites (tertiary alicyclic amines) is 1. The molecule has 1 aromatic rings. The summed E-state index contributed by atoms with van der Waals surface area (Å²) in [5, 5.41) is 0. The summed E-state index contributed by atoms with van der Waals surface area (Å²) in [5.74, 6) is 0. The SMILES string of the molecule is CN([C@@H]1c2ccccc2CC12CCN(C(=O)OC(C)(C)C)CC2)[S@](=O)C(C)(C)C. The van der Waals surface area contributed by atoms with Crippen molar-refractivity contribution in [1.82, 2.24) is 9.21 Å². The summed E-state index contributed by atoms with van der Waals surface area (Å²) in [6, 6.07) is 8.65. The standard InChI is InChI=1S/C23H36N2O3S/c1-21(2,3)28-20(26)25-14-12-23(13-15-25)16-17-10-8-9-11-18(17)19(23)24(7)29(27)22(4,5)6/h8-11,19H,12-16H2,1-7H3/t19-,29-/m1/s1. The smallest absolute Gasteiger partial charge is 0.410 e. The summed E-state index contributed by atoms with van der Waals surface area (Å²) in [6.07, 6.45) is 2.52. The molecule has 0 bridgehead atoms. The number of piperidine rings is 1. The van der Waals surface area contributed by atoms with E-state index in [9.17, 15) is 9.00 Å². The van der Waals surface area contributed by atoms with E-state index in [2.05, 4.69) is 28.6 Å². The second-order valence-corrected chi connectivity index (χ2v) is 12.8. The van der Waals surface area contributed by atoms with Crippen LogP contribution in [-0.4, -0.2) is 50.0 Å². The minimum atomic E-state index is -1.11. The van der Waals surface area contributed by atoms with Crippen LogP contribution >= 0.6 is 0 Å². The van der Waals surface area contributed by atoms with Crippen molar-refractivity contribution >= 4 is 17.1 Å². The van der Waals surface area contributed by atoms with Gasteiger partial charge < -0.3 is 9.64 Å². The third-order valence-electron chi connectivity index (χ3n) is 6.03. The maximum Gasteiger partial charge on any atom is 0.410 e. The maximum absolute atomic E-state index is 13.3. The molecule has 1 aromatic carbocycles. The van der Waals surface area contributed by atoms with Crippen molar-refractivity contribution in [3.63, 3.8) is 0 Å². The zero-order chi connectivity index (χ0) is 21.6. The average molecular weight is 421 g/mol. The van der Waals surface area contributed by atoms with Crippen molar-refractivity contribution in [2.75, 3.05) is 20.1 Å². The van der Waals surface area contributed by atoms with E-state index in [0.717, 1.165) is 19.3 Å². The second-order valence-electron chi connectivity index (χ2n) is 10.5. The topological polar surface area (TPSA) is 49.9 Å². The number of rotatable bonds is 2. The van der Waals surface area contributed by atoms with Crippen molar-refractivity contribution < 1.29 is 13.7 Å². The molecule has 0 N–H and O–H groups in total. The Morgan fingerprint density at radius 2 is 1.72 bits per heavy atom. The van der Waals surface area contributed by atoms with Crippen LogP contribution in [0.25, 0.3) is 0 Å². The number of benzene rings is 1. The molecule has 2 atom stereocenters. The molecule has 0 radical (unpaired) electrons. The van der Waals surface area contributed by atoms with Gasteiger partial charge in [0.05, 0.1) is 10.8 Å². The fourth-order valence-electron chi connectivity index (χ4n) is 4.79. The van der Waals surface area contributed by atoms with Crippen LogP contribution in [0.2, 0.25) is 0 Å². The van der Waals surface area contributed by atoms with Crippen LogP contribution < -0.4 is 0 Å². The van der Waals surface area contributed by atoms with E-state index in [1.165, 1.54) is 11.1 Å². The summed E-state index contributed by atoms with van der Waals surface area (Å²) >= 11 is 0. The van der Waals surface area contributed by atoms with Gasteiger partial charge in [-0.1, -0.05) is 24.3 Å². The van der Waals surface area contributed by atoms with E-state index >= 15 is 0 Å². The van der Waals surface area contributed by atoms with Crippen LogP contribution in [-0.2, 0) is 22.1 Å². The highest BCUT2D eigenvalue weighted by Gasteiger charge is 2.51. The minimum Gasteiger partial charge on any atom is -0.444 e. The molecule has 162 valence electrons. The van der Waals surface area contributed by atoms with Gasteiger partial charge in [-0.25, -0.2) is 13.3 Å². The van der Waals surface area contributed by atoms with E-state index in [1.54, 1.807) is 0 Å². The van der Waals surface area contributed by atoms with Gasteiger partial charge >= 0.3 is 6.09 Å². The molecule has 1 spiro atoms. The Balaban J connectivity index is 1.85. The van der Waals surface area contributed by atoms with Gasteiger partial charge in [0.1, 0.15) is 16.6 Å². The van der Waals surface area contributed by atoms with Crippen molar-refractivity contribution in [3.05, 3.63) is 35.4 Å². The molecule has 3 rings (SSSR count). The van der Waals surface area contributed by atoms with Gasteiger partial charge in [0, 0.05) is 20.1 Å². The Labute approximate surface area is 178 Å². The number of ether oxygens (including phenoxy) is 1. The largest absolute Gasteiger partial charge is 0.444 e. The number of hydrogen-bond acceptors (Lipinski definition) is 3. The monoisotopic (exact) mass is 420 g/mol. The van der Waals surface area contributed by atoms with Gasteiger partial charge in [0.2, 0.25) is 0 Å². The lowest BCUT2D eigenvalue weighted by molar-refractivity contribution is 0.00205. The molecule has 1 aliphatic carbocycles. The van der Waals surface area contributed by atoms with Crippen LogP contribution in [0.4, 0.5) is 4.79 Å². The summed E-state index contributed by atoms with van der Waals surface area (Å²) in [7, 11) is 0.886. The first-order valence-electron chi connectivity index (χ1n) is 10.5. The van der Waals surface area contributed by atoms with Crippen molar-refractivity contribution in [2.45, 2.75) is 77.2 Å². The van der Waals surface area contributed by atoms with Crippen molar-refractivity contribution in [2.24, 2.45) is 5.41 Å². The molecule has 1 aliphatic heterocycles. The van der Waals surface area contributed by atoms with Crippen LogP contribution in [0.3, 0.4) is 0 Å². The molecule has 0 saturated carbocycles. The molecule has 29 heavy (non-hydrogen) atoms. The van der Waals surface area contributed by atoms with Crippen LogP contribution in [0.15, 0.2) is 24.3 Å². The summed E-state index contributed by atoms with van der Waals surface area (Å²) in [4.78, 5) is 14.4. The Morgan fingerprint density at radius 1 is 1.14 bits per heavy atom. The third kappa shape index (κ3) is 4.53. The van der Waals surface area contributed by atoms with Gasteiger partial charge in [0.15, 0.2) is 0 Å². The van der Waals surface area contributed by atoms with E-state index in [4.69, 9.17) is 4.74 Å². The van der Waals surface area contributed by atoms with Crippen LogP contribution in [0, 0.1) is 5.41 Å². The first-order chi connectivity index (χ1) is 13.3. The lowest BCUT2D eigenvalue weighted by atomic mass is 9.73. The van der Waals surface area contributed by atoms with E-state index in [0.29, 0.717) is 13.1 Å². The highest BCUT2D eigenvalue weighted by molar-refractivity contribution is 7.84. The number of carbonyl (C=O) groups excluding carboxylic acids is 1. The van der Waals surface area contributed by atoms with Gasteiger partial charge in [-0.2, -0.15) is 0 Å². The molecule has 2 aliphatic rings. The van der Waals surface area contributed by atoms with E-state index in [1.807, 2.05) is 53.5 Å². The Morgan fingerprint density at radius 3 is 2.28 bits per heavy atom. The Kier molecular flexibility index (Phi) is 5.91. The molecule has 1 amide bonds. The van der Waals surface area contributed by atoms with Gasteiger partial charge in [-0.05, 0) is 77.3 Å². The highest BCUT2D eigenvalue weighted by atomic mass is 32.2. The van der Waals surface area contributed by atoms with E-state index < -0.39 is 16.6 Å². The van der Waals surface area contributed by atoms with E-state index in [-0.39, 0.29) is 22.3 Å².